The van der Waals surface area contributed by atoms with E-state index in [1.807, 2.05) is 0 Å². The average molecular weight is 363 g/mol. The van der Waals surface area contributed by atoms with Crippen LogP contribution < -0.4 is 5.32 Å². The second-order valence-corrected chi connectivity index (χ2v) is 6.65. The summed E-state index contributed by atoms with van der Waals surface area (Å²) < 4.78 is 10.4. The molecule has 3 amide bonds. The van der Waals surface area contributed by atoms with Crippen LogP contribution in [0.4, 0.5) is 4.79 Å². The molecule has 9 heteroatoms. The number of rotatable bonds is 6. The molecule has 3 rings (SSSR count). The van der Waals surface area contributed by atoms with E-state index in [1.54, 1.807) is 37.6 Å². The highest BCUT2D eigenvalue weighted by molar-refractivity contribution is 7.13. The lowest BCUT2D eigenvalue weighted by Crippen LogP contribution is -2.43. The lowest BCUT2D eigenvalue weighted by atomic mass is 9.99. The number of hydrogen-bond acceptors (Lipinski definition) is 7. The SMILES string of the molecule is CCC1(C)NC(=O)N(CC(=O)OCc2csc(-c3ccco3)n2)C1=O. The van der Waals surface area contributed by atoms with Crippen LogP contribution in [0.5, 0.6) is 0 Å². The molecule has 1 unspecified atom stereocenters. The molecule has 1 atom stereocenters. The van der Waals surface area contributed by atoms with E-state index in [1.165, 1.54) is 11.3 Å². The molecule has 25 heavy (non-hydrogen) atoms. The number of amides is 3. The third-order valence-electron chi connectivity index (χ3n) is 4.00. The van der Waals surface area contributed by atoms with Crippen molar-refractivity contribution >= 4 is 29.2 Å². The van der Waals surface area contributed by atoms with Gasteiger partial charge in [0.15, 0.2) is 10.8 Å². The quantitative estimate of drug-likeness (QED) is 0.623. The molecular formula is C16H17N3O5S. The van der Waals surface area contributed by atoms with Crippen LogP contribution in [0.25, 0.3) is 10.8 Å². The van der Waals surface area contributed by atoms with Gasteiger partial charge in [-0.2, -0.15) is 0 Å². The van der Waals surface area contributed by atoms with Crippen molar-refractivity contribution in [2.45, 2.75) is 32.4 Å². The Kier molecular flexibility index (Phi) is 4.58. The zero-order valence-electron chi connectivity index (χ0n) is 13.8. The van der Waals surface area contributed by atoms with Crippen LogP contribution in [0.3, 0.4) is 0 Å². The van der Waals surface area contributed by atoms with Crippen molar-refractivity contribution in [3.05, 3.63) is 29.5 Å². The zero-order valence-corrected chi connectivity index (χ0v) is 14.6. The molecule has 1 saturated heterocycles. The van der Waals surface area contributed by atoms with E-state index in [-0.39, 0.29) is 6.61 Å². The minimum Gasteiger partial charge on any atom is -0.462 e. The molecule has 0 spiro atoms. The third-order valence-corrected chi connectivity index (χ3v) is 4.91. The Hall–Kier alpha value is -2.68. The van der Waals surface area contributed by atoms with Gasteiger partial charge in [-0.15, -0.1) is 11.3 Å². The fourth-order valence-corrected chi connectivity index (χ4v) is 3.12. The van der Waals surface area contributed by atoms with Crippen LogP contribution in [-0.2, 0) is 20.9 Å². The number of esters is 1. The number of urea groups is 1. The molecule has 1 aliphatic rings. The van der Waals surface area contributed by atoms with Crippen LogP contribution in [0.1, 0.15) is 26.0 Å². The second-order valence-electron chi connectivity index (χ2n) is 5.79. The first-order valence-corrected chi connectivity index (χ1v) is 8.59. The van der Waals surface area contributed by atoms with Crippen molar-refractivity contribution in [1.82, 2.24) is 15.2 Å². The maximum Gasteiger partial charge on any atom is 0.326 e. The first-order valence-electron chi connectivity index (χ1n) is 7.71. The predicted molar refractivity (Wildman–Crippen MR) is 88.6 cm³/mol. The molecule has 0 aromatic carbocycles. The van der Waals surface area contributed by atoms with Gasteiger partial charge >= 0.3 is 12.0 Å². The molecule has 1 N–H and O–H groups in total. The van der Waals surface area contributed by atoms with Crippen molar-refractivity contribution < 1.29 is 23.5 Å². The van der Waals surface area contributed by atoms with Crippen LogP contribution in [0.2, 0.25) is 0 Å². The highest BCUT2D eigenvalue weighted by Crippen LogP contribution is 2.24. The summed E-state index contributed by atoms with van der Waals surface area (Å²) in [5, 5.41) is 5.03. The summed E-state index contributed by atoms with van der Waals surface area (Å²) in [7, 11) is 0. The number of nitrogens with zero attached hydrogens (tertiary/aromatic N) is 2. The van der Waals surface area contributed by atoms with Gasteiger partial charge in [0.25, 0.3) is 5.91 Å². The second kappa shape index (κ2) is 6.67. The third kappa shape index (κ3) is 3.41. The smallest absolute Gasteiger partial charge is 0.326 e. The molecule has 0 saturated carbocycles. The van der Waals surface area contributed by atoms with Gasteiger partial charge in [0.2, 0.25) is 0 Å². The molecule has 0 bridgehead atoms. The molecule has 1 aliphatic heterocycles. The van der Waals surface area contributed by atoms with Gasteiger partial charge in [0.05, 0.1) is 12.0 Å². The summed E-state index contributed by atoms with van der Waals surface area (Å²) in [6.45, 7) is 2.96. The normalized spacial score (nSPS) is 20.0. The topological polar surface area (TPSA) is 102 Å². The Morgan fingerprint density at radius 2 is 2.28 bits per heavy atom. The average Bonchev–Trinajstić information content (AvgIpc) is 3.30. The largest absolute Gasteiger partial charge is 0.462 e. The van der Waals surface area contributed by atoms with Crippen molar-refractivity contribution in [3.8, 4) is 10.8 Å². The Morgan fingerprint density at radius 1 is 1.48 bits per heavy atom. The van der Waals surface area contributed by atoms with E-state index in [0.29, 0.717) is 22.9 Å². The highest BCUT2D eigenvalue weighted by atomic mass is 32.1. The number of ether oxygens (including phenoxy) is 1. The van der Waals surface area contributed by atoms with E-state index in [2.05, 4.69) is 10.3 Å². The lowest BCUT2D eigenvalue weighted by Gasteiger charge is -2.18. The zero-order chi connectivity index (χ0) is 18.0. The van der Waals surface area contributed by atoms with Gasteiger partial charge in [0, 0.05) is 5.38 Å². The van der Waals surface area contributed by atoms with Crippen LogP contribution in [0.15, 0.2) is 28.2 Å². The standard InChI is InChI=1S/C16H17N3O5S/c1-3-16(2)14(21)19(15(22)18-16)7-12(20)24-8-10-9-25-13(17-10)11-5-4-6-23-11/h4-6,9H,3,7-8H2,1-2H3,(H,18,22). The number of furan rings is 1. The molecule has 3 heterocycles. The van der Waals surface area contributed by atoms with Crippen molar-refractivity contribution in [2.24, 2.45) is 0 Å². The molecule has 2 aromatic heterocycles. The van der Waals surface area contributed by atoms with Crippen molar-refractivity contribution in [2.75, 3.05) is 6.54 Å². The van der Waals surface area contributed by atoms with Gasteiger partial charge in [-0.1, -0.05) is 6.92 Å². The summed E-state index contributed by atoms with van der Waals surface area (Å²) in [6.07, 6.45) is 2.00. The molecule has 132 valence electrons. The molecular weight excluding hydrogens is 346 g/mol. The van der Waals surface area contributed by atoms with E-state index in [0.717, 1.165) is 4.90 Å². The fraction of sp³-hybridized carbons (Fsp3) is 0.375. The van der Waals surface area contributed by atoms with Gasteiger partial charge in [-0.3, -0.25) is 14.5 Å². The summed E-state index contributed by atoms with van der Waals surface area (Å²) in [4.78, 5) is 41.2. The molecule has 0 radical (unpaired) electrons. The number of hydrogen-bond donors (Lipinski definition) is 1. The number of nitrogens with one attached hydrogen (secondary N) is 1. The van der Waals surface area contributed by atoms with E-state index >= 15 is 0 Å². The summed E-state index contributed by atoms with van der Waals surface area (Å²) in [5.41, 5.74) is -0.398. The summed E-state index contributed by atoms with van der Waals surface area (Å²) >= 11 is 1.37. The Balaban J connectivity index is 1.55. The van der Waals surface area contributed by atoms with Crippen LogP contribution in [-0.4, -0.2) is 39.9 Å². The van der Waals surface area contributed by atoms with Gasteiger partial charge in [-0.25, -0.2) is 9.78 Å². The number of aromatic nitrogens is 1. The van der Waals surface area contributed by atoms with Crippen molar-refractivity contribution in [1.29, 1.82) is 0 Å². The minimum absolute atomic E-state index is 0.0370. The van der Waals surface area contributed by atoms with Gasteiger partial charge in [-0.05, 0) is 25.5 Å². The molecule has 0 aliphatic carbocycles. The molecule has 8 nitrogen and oxygen atoms in total. The van der Waals surface area contributed by atoms with Gasteiger partial charge < -0.3 is 14.5 Å². The first kappa shape index (κ1) is 17.2. The number of thiazole rings is 1. The Morgan fingerprint density at radius 3 is 2.92 bits per heavy atom. The van der Waals surface area contributed by atoms with Crippen LogP contribution in [0, 0.1) is 0 Å². The monoisotopic (exact) mass is 363 g/mol. The Labute approximate surface area is 147 Å². The first-order chi connectivity index (χ1) is 11.9. The maximum atomic E-state index is 12.2. The lowest BCUT2D eigenvalue weighted by molar-refractivity contribution is -0.148. The summed E-state index contributed by atoms with van der Waals surface area (Å²) in [6, 6.07) is 2.97. The number of carbonyl (C=O) groups excluding carboxylic acids is 3. The Bertz CT molecular complexity index is 801. The number of imide groups is 1. The van der Waals surface area contributed by atoms with Crippen LogP contribution >= 0.6 is 11.3 Å². The van der Waals surface area contributed by atoms with Gasteiger partial charge in [0.1, 0.15) is 18.7 Å². The number of carbonyl (C=O) groups is 3. The maximum absolute atomic E-state index is 12.2. The summed E-state index contributed by atoms with van der Waals surface area (Å²) in [5.74, 6) is -0.456. The highest BCUT2D eigenvalue weighted by Gasteiger charge is 2.47. The molecule has 1 fully saturated rings. The fourth-order valence-electron chi connectivity index (χ4n) is 2.35. The predicted octanol–water partition coefficient (Wildman–Crippen LogP) is 2.17. The van der Waals surface area contributed by atoms with E-state index < -0.39 is 30.0 Å². The van der Waals surface area contributed by atoms with Crippen molar-refractivity contribution in [3.63, 3.8) is 0 Å². The minimum atomic E-state index is -0.968. The molecule has 2 aromatic rings. The van der Waals surface area contributed by atoms with E-state index in [9.17, 15) is 14.4 Å². The van der Waals surface area contributed by atoms with E-state index in [4.69, 9.17) is 9.15 Å².